The van der Waals surface area contributed by atoms with Gasteiger partial charge in [0.1, 0.15) is 12.6 Å². The van der Waals surface area contributed by atoms with Gasteiger partial charge in [0.25, 0.3) is 10.0 Å². The summed E-state index contributed by atoms with van der Waals surface area (Å²) in [5.74, 6) is -0.699. The highest BCUT2D eigenvalue weighted by molar-refractivity contribution is 7.92. The fourth-order valence-electron chi connectivity index (χ4n) is 4.59. The molecule has 0 bridgehead atoms. The van der Waals surface area contributed by atoms with E-state index in [1.807, 2.05) is 84.9 Å². The lowest BCUT2D eigenvalue weighted by Gasteiger charge is -2.34. The predicted octanol–water partition coefficient (Wildman–Crippen LogP) is 5.84. The number of hydrogen-bond donors (Lipinski definition) is 1. The molecule has 220 valence electrons. The van der Waals surface area contributed by atoms with Crippen LogP contribution in [-0.2, 0) is 26.2 Å². The number of aryl methyl sites for hydroxylation is 4. The zero-order valence-electron chi connectivity index (χ0n) is 25.3. The van der Waals surface area contributed by atoms with Crippen molar-refractivity contribution in [2.75, 3.05) is 10.8 Å². The number of sulfonamides is 1. The maximum atomic E-state index is 14.2. The van der Waals surface area contributed by atoms with Gasteiger partial charge in [-0.05, 0) is 82.3 Å². The number of carbonyl (C=O) groups is 2. The summed E-state index contributed by atoms with van der Waals surface area (Å²) in [7, 11) is -4.11. The number of nitrogens with one attached hydrogen (secondary N) is 1. The van der Waals surface area contributed by atoms with E-state index < -0.39 is 28.5 Å². The number of hydrogen-bond acceptors (Lipinski definition) is 4. The van der Waals surface area contributed by atoms with Crippen LogP contribution >= 0.6 is 0 Å². The second-order valence-electron chi connectivity index (χ2n) is 10.9. The first kappa shape index (κ1) is 31.9. The third kappa shape index (κ3) is 7.97. The number of amides is 2. The van der Waals surface area contributed by atoms with Crippen LogP contribution in [0.2, 0.25) is 0 Å². The van der Waals surface area contributed by atoms with Crippen LogP contribution in [0.15, 0.2) is 71.6 Å². The Morgan fingerprint density at radius 2 is 1.37 bits per heavy atom. The molecule has 2 atom stereocenters. The van der Waals surface area contributed by atoms with E-state index in [0.29, 0.717) is 12.1 Å². The SMILES string of the molecule is CC[C@@H](C)NC(=O)[C@H](CC)N(Cc1ccc(C)cc1)C(=O)CN(c1cc(C)ccc1C)S(=O)(=O)c1ccc(C)cc1. The molecule has 3 rings (SSSR count). The van der Waals surface area contributed by atoms with E-state index in [1.54, 1.807) is 30.3 Å². The van der Waals surface area contributed by atoms with Gasteiger partial charge in [0.15, 0.2) is 0 Å². The van der Waals surface area contributed by atoms with Crippen molar-refractivity contribution in [3.8, 4) is 0 Å². The average Bonchev–Trinajstić information content (AvgIpc) is 2.94. The minimum Gasteiger partial charge on any atom is -0.352 e. The van der Waals surface area contributed by atoms with Gasteiger partial charge in [-0.3, -0.25) is 13.9 Å². The van der Waals surface area contributed by atoms with Crippen LogP contribution in [0.25, 0.3) is 0 Å². The van der Waals surface area contributed by atoms with E-state index in [9.17, 15) is 18.0 Å². The molecule has 0 aliphatic heterocycles. The second-order valence-corrected chi connectivity index (χ2v) is 12.7. The first-order valence-electron chi connectivity index (χ1n) is 14.2. The summed E-state index contributed by atoms with van der Waals surface area (Å²) in [6, 6.07) is 19.1. The molecule has 0 saturated carbocycles. The number of rotatable bonds is 12. The Balaban J connectivity index is 2.10. The fourth-order valence-corrected chi connectivity index (χ4v) is 6.06. The number of anilines is 1. The molecule has 3 aromatic carbocycles. The molecule has 7 nitrogen and oxygen atoms in total. The Kier molecular flexibility index (Phi) is 10.7. The van der Waals surface area contributed by atoms with Gasteiger partial charge in [0.05, 0.1) is 10.6 Å². The summed E-state index contributed by atoms with van der Waals surface area (Å²) in [6.45, 7) is 13.1. The van der Waals surface area contributed by atoms with E-state index in [1.165, 1.54) is 9.21 Å². The quantitative estimate of drug-likeness (QED) is 0.293. The Hall–Kier alpha value is -3.65. The Bertz CT molecular complexity index is 1450. The molecule has 41 heavy (non-hydrogen) atoms. The molecule has 1 N–H and O–H groups in total. The minimum absolute atomic E-state index is 0.0544. The summed E-state index contributed by atoms with van der Waals surface area (Å²) >= 11 is 0. The van der Waals surface area contributed by atoms with Crippen LogP contribution in [0, 0.1) is 27.7 Å². The van der Waals surface area contributed by atoms with Crippen molar-refractivity contribution in [2.45, 2.75) is 84.8 Å². The number of nitrogens with zero attached hydrogens (tertiary/aromatic N) is 2. The van der Waals surface area contributed by atoms with Crippen molar-refractivity contribution in [3.63, 3.8) is 0 Å². The first-order chi connectivity index (χ1) is 19.4. The molecule has 0 aromatic heterocycles. The van der Waals surface area contributed by atoms with Gasteiger partial charge in [0, 0.05) is 12.6 Å². The molecule has 0 saturated heterocycles. The topological polar surface area (TPSA) is 86.8 Å². The Morgan fingerprint density at radius 1 is 0.805 bits per heavy atom. The summed E-state index contributed by atoms with van der Waals surface area (Å²) in [4.78, 5) is 29.2. The van der Waals surface area contributed by atoms with Gasteiger partial charge in [0.2, 0.25) is 11.8 Å². The largest absolute Gasteiger partial charge is 0.352 e. The maximum absolute atomic E-state index is 14.2. The van der Waals surface area contributed by atoms with Gasteiger partial charge >= 0.3 is 0 Å². The van der Waals surface area contributed by atoms with Crippen LogP contribution < -0.4 is 9.62 Å². The van der Waals surface area contributed by atoms with E-state index >= 15 is 0 Å². The molecular formula is C33H43N3O4S. The zero-order valence-corrected chi connectivity index (χ0v) is 26.1. The van der Waals surface area contributed by atoms with Crippen LogP contribution in [0.5, 0.6) is 0 Å². The monoisotopic (exact) mass is 577 g/mol. The standard InChI is InChI=1S/C33H43N3O4S/c1-8-27(7)34-33(38)30(9-2)35(21-28-16-11-23(3)12-17-28)32(37)22-36(31-20-25(5)10-15-26(31)6)41(39,40)29-18-13-24(4)14-19-29/h10-20,27,30H,8-9,21-22H2,1-7H3,(H,34,38)/t27-,30+/m1/s1. The Morgan fingerprint density at radius 3 is 1.93 bits per heavy atom. The highest BCUT2D eigenvalue weighted by atomic mass is 32.2. The summed E-state index contributed by atoms with van der Waals surface area (Å²) in [5.41, 5.74) is 4.91. The lowest BCUT2D eigenvalue weighted by atomic mass is 10.1. The first-order valence-corrected chi connectivity index (χ1v) is 15.6. The molecule has 0 aliphatic rings. The van der Waals surface area contributed by atoms with Crippen molar-refractivity contribution >= 4 is 27.5 Å². The number of benzene rings is 3. The van der Waals surface area contributed by atoms with Crippen molar-refractivity contribution in [2.24, 2.45) is 0 Å². The van der Waals surface area contributed by atoms with E-state index in [2.05, 4.69) is 5.32 Å². The molecule has 0 spiro atoms. The van der Waals surface area contributed by atoms with Crippen LogP contribution in [0.1, 0.15) is 61.4 Å². The van der Waals surface area contributed by atoms with E-state index in [0.717, 1.165) is 34.2 Å². The van der Waals surface area contributed by atoms with Gasteiger partial charge in [-0.15, -0.1) is 0 Å². The van der Waals surface area contributed by atoms with Crippen LogP contribution in [-0.4, -0.2) is 43.8 Å². The summed E-state index contributed by atoms with van der Waals surface area (Å²) < 4.78 is 29.4. The molecule has 0 heterocycles. The highest BCUT2D eigenvalue weighted by Crippen LogP contribution is 2.29. The lowest BCUT2D eigenvalue weighted by Crippen LogP contribution is -2.53. The molecular weight excluding hydrogens is 534 g/mol. The maximum Gasteiger partial charge on any atom is 0.264 e. The van der Waals surface area contributed by atoms with Gasteiger partial charge < -0.3 is 10.2 Å². The van der Waals surface area contributed by atoms with Gasteiger partial charge in [-0.1, -0.05) is 73.5 Å². The van der Waals surface area contributed by atoms with Crippen LogP contribution in [0.4, 0.5) is 5.69 Å². The molecule has 0 fully saturated rings. The average molecular weight is 578 g/mol. The fraction of sp³-hybridized carbons (Fsp3) is 0.394. The summed E-state index contributed by atoms with van der Waals surface area (Å²) in [5, 5.41) is 3.01. The highest BCUT2D eigenvalue weighted by Gasteiger charge is 2.34. The third-order valence-corrected chi connectivity index (χ3v) is 9.16. The van der Waals surface area contributed by atoms with Crippen molar-refractivity contribution < 1.29 is 18.0 Å². The summed E-state index contributed by atoms with van der Waals surface area (Å²) in [6.07, 6.45) is 1.14. The predicted molar refractivity (Wildman–Crippen MR) is 165 cm³/mol. The Labute approximate surface area is 245 Å². The molecule has 8 heteroatoms. The zero-order chi connectivity index (χ0) is 30.3. The smallest absolute Gasteiger partial charge is 0.264 e. The lowest BCUT2D eigenvalue weighted by molar-refractivity contribution is -0.140. The second kappa shape index (κ2) is 13.8. The molecule has 2 amide bonds. The number of carbonyl (C=O) groups excluding carboxylic acids is 2. The minimum atomic E-state index is -4.11. The van der Waals surface area contributed by atoms with Crippen molar-refractivity contribution in [3.05, 3.63) is 94.5 Å². The molecule has 0 aliphatic carbocycles. The van der Waals surface area contributed by atoms with Crippen molar-refractivity contribution in [1.82, 2.24) is 10.2 Å². The van der Waals surface area contributed by atoms with Crippen molar-refractivity contribution in [1.29, 1.82) is 0 Å². The third-order valence-electron chi connectivity index (χ3n) is 7.38. The van der Waals surface area contributed by atoms with Crippen LogP contribution in [0.3, 0.4) is 0 Å². The van der Waals surface area contributed by atoms with Gasteiger partial charge in [-0.25, -0.2) is 8.42 Å². The van der Waals surface area contributed by atoms with E-state index in [4.69, 9.17) is 0 Å². The normalized spacial score (nSPS) is 12.9. The molecule has 0 radical (unpaired) electrons. The van der Waals surface area contributed by atoms with E-state index in [-0.39, 0.29) is 23.4 Å². The van der Waals surface area contributed by atoms with Gasteiger partial charge in [-0.2, -0.15) is 0 Å². The molecule has 0 unspecified atom stereocenters. The molecule has 3 aromatic rings.